The summed E-state index contributed by atoms with van der Waals surface area (Å²) in [5.74, 6) is 0. The lowest BCUT2D eigenvalue weighted by Crippen LogP contribution is -2.43. The number of carbonyl (C=O) groups excluding carboxylic acids is 2. The van der Waals surface area contributed by atoms with Crippen molar-refractivity contribution < 1.29 is 14.3 Å². The molecule has 1 aromatic carbocycles. The SMILES string of the molecule is C[C@H](C=O)NNC(=O)OCc1ccccc1. The minimum atomic E-state index is -0.613. The van der Waals surface area contributed by atoms with Gasteiger partial charge in [0.05, 0.1) is 6.04 Å². The van der Waals surface area contributed by atoms with Crippen molar-refractivity contribution in [3.63, 3.8) is 0 Å². The van der Waals surface area contributed by atoms with Crippen molar-refractivity contribution in [3.05, 3.63) is 35.9 Å². The molecule has 0 aliphatic heterocycles. The lowest BCUT2D eigenvalue weighted by molar-refractivity contribution is -0.109. The Bertz CT molecular complexity index is 340. The molecule has 0 fully saturated rings. The average molecular weight is 222 g/mol. The van der Waals surface area contributed by atoms with Gasteiger partial charge in [0, 0.05) is 0 Å². The summed E-state index contributed by atoms with van der Waals surface area (Å²) in [6.45, 7) is 1.81. The van der Waals surface area contributed by atoms with Crippen LogP contribution >= 0.6 is 0 Å². The van der Waals surface area contributed by atoms with Gasteiger partial charge in [-0.1, -0.05) is 30.3 Å². The molecule has 5 nitrogen and oxygen atoms in total. The van der Waals surface area contributed by atoms with Gasteiger partial charge in [0.2, 0.25) is 0 Å². The van der Waals surface area contributed by atoms with Crippen LogP contribution in [0.15, 0.2) is 30.3 Å². The maximum atomic E-state index is 11.1. The maximum Gasteiger partial charge on any atom is 0.421 e. The molecule has 0 saturated carbocycles. The maximum absolute atomic E-state index is 11.1. The highest BCUT2D eigenvalue weighted by Crippen LogP contribution is 1.99. The molecule has 0 aromatic heterocycles. The Balaban J connectivity index is 2.23. The van der Waals surface area contributed by atoms with E-state index in [1.807, 2.05) is 30.3 Å². The number of hydrogen-bond acceptors (Lipinski definition) is 4. The summed E-state index contributed by atoms with van der Waals surface area (Å²) in [4.78, 5) is 21.4. The number of amides is 1. The first-order chi connectivity index (χ1) is 7.72. The number of carbonyl (C=O) groups is 2. The molecule has 0 bridgehead atoms. The molecular formula is C11H14N2O3. The molecule has 5 heteroatoms. The van der Waals surface area contributed by atoms with Gasteiger partial charge in [0.1, 0.15) is 12.9 Å². The number of rotatable bonds is 5. The Labute approximate surface area is 93.8 Å². The Hall–Kier alpha value is -1.88. The molecule has 2 N–H and O–H groups in total. The van der Waals surface area contributed by atoms with Gasteiger partial charge in [0.25, 0.3) is 0 Å². The predicted molar refractivity (Wildman–Crippen MR) is 58.4 cm³/mol. The molecule has 0 aliphatic rings. The van der Waals surface area contributed by atoms with Crippen molar-refractivity contribution in [3.8, 4) is 0 Å². The van der Waals surface area contributed by atoms with Crippen molar-refractivity contribution in [2.24, 2.45) is 0 Å². The average Bonchev–Trinajstić information content (AvgIpc) is 2.34. The lowest BCUT2D eigenvalue weighted by atomic mass is 10.2. The Kier molecular flexibility index (Phi) is 5.01. The van der Waals surface area contributed by atoms with Gasteiger partial charge in [-0.15, -0.1) is 0 Å². The minimum Gasteiger partial charge on any atom is -0.444 e. The number of hydrazine groups is 1. The summed E-state index contributed by atoms with van der Waals surface area (Å²) in [7, 11) is 0. The van der Waals surface area contributed by atoms with Crippen LogP contribution in [0.4, 0.5) is 4.79 Å². The van der Waals surface area contributed by atoms with Crippen LogP contribution < -0.4 is 10.9 Å². The van der Waals surface area contributed by atoms with E-state index in [2.05, 4.69) is 10.9 Å². The van der Waals surface area contributed by atoms with Gasteiger partial charge in [-0.25, -0.2) is 10.2 Å². The zero-order valence-corrected chi connectivity index (χ0v) is 8.97. The van der Waals surface area contributed by atoms with Gasteiger partial charge < -0.3 is 9.53 Å². The molecule has 1 aromatic rings. The number of benzene rings is 1. The first kappa shape index (κ1) is 12.2. The molecule has 16 heavy (non-hydrogen) atoms. The van der Waals surface area contributed by atoms with Gasteiger partial charge in [-0.05, 0) is 12.5 Å². The van der Waals surface area contributed by atoms with E-state index in [-0.39, 0.29) is 6.61 Å². The Morgan fingerprint density at radius 1 is 1.44 bits per heavy atom. The summed E-state index contributed by atoms with van der Waals surface area (Å²) in [6, 6.07) is 8.89. The quantitative estimate of drug-likeness (QED) is 0.576. The second kappa shape index (κ2) is 6.58. The lowest BCUT2D eigenvalue weighted by Gasteiger charge is -2.09. The van der Waals surface area contributed by atoms with Crippen molar-refractivity contribution in [2.45, 2.75) is 19.6 Å². The highest BCUT2D eigenvalue weighted by atomic mass is 16.6. The third-order valence-electron chi connectivity index (χ3n) is 1.82. The largest absolute Gasteiger partial charge is 0.444 e. The number of ether oxygens (including phenoxy) is 1. The van der Waals surface area contributed by atoms with Crippen LogP contribution in [0.1, 0.15) is 12.5 Å². The van der Waals surface area contributed by atoms with Gasteiger partial charge in [-0.3, -0.25) is 5.43 Å². The molecule has 1 atom stereocenters. The molecule has 0 spiro atoms. The van der Waals surface area contributed by atoms with Crippen LogP contribution in [-0.4, -0.2) is 18.4 Å². The summed E-state index contributed by atoms with van der Waals surface area (Å²) >= 11 is 0. The van der Waals surface area contributed by atoms with Crippen LogP contribution in [0.3, 0.4) is 0 Å². The topological polar surface area (TPSA) is 67.4 Å². The minimum absolute atomic E-state index is 0.198. The van der Waals surface area contributed by atoms with Crippen LogP contribution in [0.25, 0.3) is 0 Å². The highest BCUT2D eigenvalue weighted by molar-refractivity contribution is 5.67. The fraction of sp³-hybridized carbons (Fsp3) is 0.273. The fourth-order valence-electron chi connectivity index (χ4n) is 0.966. The molecule has 0 heterocycles. The van der Waals surface area contributed by atoms with Crippen LogP contribution in [0.5, 0.6) is 0 Å². The second-order valence-corrected chi connectivity index (χ2v) is 3.26. The van der Waals surface area contributed by atoms with E-state index >= 15 is 0 Å². The molecule has 0 aliphatic carbocycles. The third-order valence-corrected chi connectivity index (χ3v) is 1.82. The summed E-state index contributed by atoms with van der Waals surface area (Å²) in [6.07, 6.45) is 0.0647. The van der Waals surface area contributed by atoms with E-state index < -0.39 is 12.1 Å². The number of hydrogen-bond donors (Lipinski definition) is 2. The Morgan fingerprint density at radius 3 is 2.75 bits per heavy atom. The van der Waals surface area contributed by atoms with E-state index in [0.29, 0.717) is 6.29 Å². The first-order valence-electron chi connectivity index (χ1n) is 4.90. The van der Waals surface area contributed by atoms with Crippen molar-refractivity contribution in [1.82, 2.24) is 10.9 Å². The normalized spacial score (nSPS) is 11.6. The van der Waals surface area contributed by atoms with Crippen molar-refractivity contribution in [1.29, 1.82) is 0 Å². The van der Waals surface area contributed by atoms with Crippen molar-refractivity contribution >= 4 is 12.4 Å². The summed E-state index contributed by atoms with van der Waals surface area (Å²) in [5, 5.41) is 0. The Morgan fingerprint density at radius 2 is 2.12 bits per heavy atom. The van der Waals surface area contributed by atoms with Crippen LogP contribution in [-0.2, 0) is 16.1 Å². The van der Waals surface area contributed by atoms with Gasteiger partial charge >= 0.3 is 6.09 Å². The zero-order chi connectivity index (χ0) is 11.8. The third kappa shape index (κ3) is 4.56. The highest BCUT2D eigenvalue weighted by Gasteiger charge is 2.03. The van der Waals surface area contributed by atoms with E-state index in [9.17, 15) is 9.59 Å². The van der Waals surface area contributed by atoms with Crippen LogP contribution in [0.2, 0.25) is 0 Å². The van der Waals surface area contributed by atoms with E-state index in [1.54, 1.807) is 6.92 Å². The van der Waals surface area contributed by atoms with Crippen molar-refractivity contribution in [2.75, 3.05) is 0 Å². The van der Waals surface area contributed by atoms with E-state index in [4.69, 9.17) is 4.74 Å². The van der Waals surface area contributed by atoms with E-state index in [0.717, 1.165) is 5.56 Å². The molecule has 0 radical (unpaired) electrons. The molecule has 0 unspecified atom stereocenters. The smallest absolute Gasteiger partial charge is 0.421 e. The summed E-state index contributed by atoms with van der Waals surface area (Å²) < 4.78 is 4.89. The summed E-state index contributed by atoms with van der Waals surface area (Å²) in [5.41, 5.74) is 5.64. The molecule has 1 amide bonds. The second-order valence-electron chi connectivity index (χ2n) is 3.26. The van der Waals surface area contributed by atoms with Gasteiger partial charge in [0.15, 0.2) is 0 Å². The number of aldehydes is 1. The number of nitrogens with one attached hydrogen (secondary N) is 2. The molecular weight excluding hydrogens is 208 g/mol. The van der Waals surface area contributed by atoms with Crippen LogP contribution in [0, 0.1) is 0 Å². The standard InChI is InChI=1S/C11H14N2O3/c1-9(7-14)12-13-11(15)16-8-10-5-3-2-4-6-10/h2-7,9,12H,8H2,1H3,(H,13,15)/t9-/m1/s1. The van der Waals surface area contributed by atoms with Gasteiger partial charge in [-0.2, -0.15) is 0 Å². The first-order valence-corrected chi connectivity index (χ1v) is 4.90. The molecule has 1 rings (SSSR count). The fourth-order valence-corrected chi connectivity index (χ4v) is 0.966. The predicted octanol–water partition coefficient (Wildman–Crippen LogP) is 1.00. The van der Waals surface area contributed by atoms with E-state index in [1.165, 1.54) is 0 Å². The zero-order valence-electron chi connectivity index (χ0n) is 8.97. The monoisotopic (exact) mass is 222 g/mol. The molecule has 86 valence electrons. The molecule has 0 saturated heterocycles.